The fraction of sp³-hybridized carbons (Fsp3) is 0.333. The Bertz CT molecular complexity index is 603. The van der Waals surface area contributed by atoms with Crippen molar-refractivity contribution in [3.8, 4) is 17.3 Å². The van der Waals surface area contributed by atoms with Gasteiger partial charge in [0.05, 0.1) is 29.6 Å². The average Bonchev–Trinajstić information content (AvgIpc) is 2.98. The molecule has 1 aliphatic rings. The van der Waals surface area contributed by atoms with Crippen LogP contribution in [0.1, 0.15) is 36.7 Å². The molecule has 1 aromatic heterocycles. The molecule has 3 rings (SSSR count). The van der Waals surface area contributed by atoms with E-state index in [2.05, 4.69) is 21.4 Å². The molecule has 0 bridgehead atoms. The highest BCUT2D eigenvalue weighted by Crippen LogP contribution is 2.24. The number of nitriles is 1. The van der Waals surface area contributed by atoms with Crippen LogP contribution in [0.5, 0.6) is 0 Å². The molecule has 4 nitrogen and oxygen atoms in total. The minimum atomic E-state index is 0.335. The molecule has 2 aromatic rings. The van der Waals surface area contributed by atoms with E-state index >= 15 is 0 Å². The van der Waals surface area contributed by atoms with E-state index in [-0.39, 0.29) is 0 Å². The van der Waals surface area contributed by atoms with Crippen molar-refractivity contribution in [1.29, 1.82) is 5.26 Å². The van der Waals surface area contributed by atoms with Crippen LogP contribution in [0, 0.1) is 11.3 Å². The molecule has 1 fully saturated rings. The maximum absolute atomic E-state index is 8.93. The third-order valence-electron chi connectivity index (χ3n) is 3.54. The Hall–Kier alpha value is -2.12. The van der Waals surface area contributed by atoms with E-state index in [9.17, 15) is 0 Å². The lowest BCUT2D eigenvalue weighted by Gasteiger charge is -2.21. The second kappa shape index (κ2) is 5.25. The highest BCUT2D eigenvalue weighted by molar-refractivity contribution is 5.60. The molecule has 0 amide bonds. The summed E-state index contributed by atoms with van der Waals surface area (Å²) in [5.74, 6) is 0.997. The predicted octanol–water partition coefficient (Wildman–Crippen LogP) is 2.76. The third kappa shape index (κ3) is 2.51. The maximum atomic E-state index is 8.93. The molecule has 0 radical (unpaired) electrons. The number of imidazole rings is 1. The molecule has 1 aromatic carbocycles. The first-order valence-electron chi connectivity index (χ1n) is 6.65. The van der Waals surface area contributed by atoms with E-state index in [1.54, 1.807) is 0 Å². The van der Waals surface area contributed by atoms with Gasteiger partial charge in [-0.1, -0.05) is 18.6 Å². The molecule has 19 heavy (non-hydrogen) atoms. The van der Waals surface area contributed by atoms with Gasteiger partial charge in [0.2, 0.25) is 0 Å². The number of rotatable bonds is 2. The monoisotopic (exact) mass is 252 g/mol. The second-order valence-corrected chi connectivity index (χ2v) is 4.88. The van der Waals surface area contributed by atoms with Crippen molar-refractivity contribution in [2.45, 2.75) is 25.3 Å². The molecule has 1 aliphatic heterocycles. The van der Waals surface area contributed by atoms with Crippen LogP contribution in [0.25, 0.3) is 11.3 Å². The van der Waals surface area contributed by atoms with Crippen molar-refractivity contribution in [2.75, 3.05) is 6.54 Å². The normalized spacial score (nSPS) is 19.0. The number of hydrogen-bond acceptors (Lipinski definition) is 3. The van der Waals surface area contributed by atoms with Crippen LogP contribution >= 0.6 is 0 Å². The molecule has 96 valence electrons. The smallest absolute Gasteiger partial charge is 0.123 e. The molecule has 4 heteroatoms. The molecule has 0 saturated carbocycles. The van der Waals surface area contributed by atoms with E-state index in [4.69, 9.17) is 5.26 Å². The van der Waals surface area contributed by atoms with Crippen LogP contribution in [0.3, 0.4) is 0 Å². The molecule has 0 spiro atoms. The fourth-order valence-corrected chi connectivity index (χ4v) is 2.50. The predicted molar refractivity (Wildman–Crippen MR) is 73.3 cm³/mol. The van der Waals surface area contributed by atoms with E-state index in [1.807, 2.05) is 30.5 Å². The Morgan fingerprint density at radius 3 is 3.05 bits per heavy atom. The van der Waals surface area contributed by atoms with Crippen LogP contribution in [-0.2, 0) is 0 Å². The largest absolute Gasteiger partial charge is 0.341 e. The van der Waals surface area contributed by atoms with Gasteiger partial charge in [-0.15, -0.1) is 0 Å². The molecule has 2 N–H and O–H groups in total. The van der Waals surface area contributed by atoms with Gasteiger partial charge < -0.3 is 10.3 Å². The summed E-state index contributed by atoms with van der Waals surface area (Å²) in [6.45, 7) is 1.06. The lowest BCUT2D eigenvalue weighted by molar-refractivity contribution is 0.399. The summed E-state index contributed by atoms with van der Waals surface area (Å²) in [7, 11) is 0. The number of piperidine rings is 1. The Morgan fingerprint density at radius 1 is 1.32 bits per heavy atom. The molecular weight excluding hydrogens is 236 g/mol. The Balaban J connectivity index is 1.86. The van der Waals surface area contributed by atoms with Gasteiger partial charge in [0.25, 0.3) is 0 Å². The molecule has 1 unspecified atom stereocenters. The molecular formula is C15H16N4. The summed E-state index contributed by atoms with van der Waals surface area (Å²) in [4.78, 5) is 7.84. The Morgan fingerprint density at radius 2 is 2.26 bits per heavy atom. The summed E-state index contributed by atoms with van der Waals surface area (Å²) in [5, 5.41) is 12.4. The van der Waals surface area contributed by atoms with Crippen molar-refractivity contribution in [1.82, 2.24) is 15.3 Å². The quantitative estimate of drug-likeness (QED) is 0.863. The van der Waals surface area contributed by atoms with Crippen LogP contribution in [-0.4, -0.2) is 16.5 Å². The molecule has 1 saturated heterocycles. The van der Waals surface area contributed by atoms with Gasteiger partial charge in [-0.2, -0.15) is 5.26 Å². The number of nitrogens with zero attached hydrogens (tertiary/aromatic N) is 2. The zero-order chi connectivity index (χ0) is 13.1. The van der Waals surface area contributed by atoms with Crippen LogP contribution in [0.15, 0.2) is 30.5 Å². The maximum Gasteiger partial charge on any atom is 0.123 e. The Labute approximate surface area is 112 Å². The number of nitrogens with one attached hydrogen (secondary N) is 2. The van der Waals surface area contributed by atoms with Gasteiger partial charge in [0.1, 0.15) is 5.82 Å². The SMILES string of the molecule is N#Cc1cccc(-c2cnc(C3CCCCN3)[nH]2)c1. The lowest BCUT2D eigenvalue weighted by Crippen LogP contribution is -2.27. The first-order chi connectivity index (χ1) is 9.36. The first kappa shape index (κ1) is 11.9. The van der Waals surface area contributed by atoms with Crippen molar-refractivity contribution < 1.29 is 0 Å². The topological polar surface area (TPSA) is 64.5 Å². The van der Waals surface area contributed by atoms with Crippen molar-refractivity contribution in [2.24, 2.45) is 0 Å². The van der Waals surface area contributed by atoms with Crippen LogP contribution in [0.4, 0.5) is 0 Å². The molecule has 2 heterocycles. The van der Waals surface area contributed by atoms with Crippen LogP contribution in [0.2, 0.25) is 0 Å². The van der Waals surface area contributed by atoms with Gasteiger partial charge in [-0.25, -0.2) is 4.98 Å². The standard InChI is InChI=1S/C15H16N4/c16-9-11-4-3-5-12(8-11)14-10-18-15(19-14)13-6-1-2-7-17-13/h3-5,8,10,13,17H,1-2,6-7H2,(H,18,19). The summed E-state index contributed by atoms with van der Waals surface area (Å²) in [5.41, 5.74) is 2.65. The number of H-pyrrole nitrogens is 1. The average molecular weight is 252 g/mol. The van der Waals surface area contributed by atoms with E-state index in [0.29, 0.717) is 11.6 Å². The lowest BCUT2D eigenvalue weighted by atomic mass is 10.0. The van der Waals surface area contributed by atoms with Gasteiger partial charge in [-0.05, 0) is 31.5 Å². The zero-order valence-electron chi connectivity index (χ0n) is 10.7. The van der Waals surface area contributed by atoms with Gasteiger partial charge in [0, 0.05) is 5.56 Å². The number of aromatic amines is 1. The highest BCUT2D eigenvalue weighted by atomic mass is 15.0. The number of hydrogen-bond donors (Lipinski definition) is 2. The summed E-state index contributed by atoms with van der Waals surface area (Å²) < 4.78 is 0. The van der Waals surface area contributed by atoms with E-state index in [0.717, 1.165) is 30.0 Å². The first-order valence-corrected chi connectivity index (χ1v) is 6.65. The van der Waals surface area contributed by atoms with Crippen molar-refractivity contribution >= 4 is 0 Å². The third-order valence-corrected chi connectivity index (χ3v) is 3.54. The zero-order valence-corrected chi connectivity index (χ0v) is 10.7. The van der Waals surface area contributed by atoms with E-state index in [1.165, 1.54) is 12.8 Å². The van der Waals surface area contributed by atoms with E-state index < -0.39 is 0 Å². The summed E-state index contributed by atoms with van der Waals surface area (Å²) in [6.07, 6.45) is 5.47. The minimum Gasteiger partial charge on any atom is -0.341 e. The summed E-state index contributed by atoms with van der Waals surface area (Å²) in [6, 6.07) is 10.1. The molecule has 0 aliphatic carbocycles. The van der Waals surface area contributed by atoms with Gasteiger partial charge >= 0.3 is 0 Å². The van der Waals surface area contributed by atoms with Gasteiger partial charge in [-0.3, -0.25) is 0 Å². The van der Waals surface area contributed by atoms with Gasteiger partial charge in [0.15, 0.2) is 0 Å². The Kier molecular flexibility index (Phi) is 3.30. The fourth-order valence-electron chi connectivity index (χ4n) is 2.50. The van der Waals surface area contributed by atoms with Crippen LogP contribution < -0.4 is 5.32 Å². The van der Waals surface area contributed by atoms with Crippen molar-refractivity contribution in [3.05, 3.63) is 41.9 Å². The van der Waals surface area contributed by atoms with Crippen molar-refractivity contribution in [3.63, 3.8) is 0 Å². The highest BCUT2D eigenvalue weighted by Gasteiger charge is 2.17. The summed E-state index contributed by atoms with van der Waals surface area (Å²) >= 11 is 0. The molecule has 1 atom stereocenters. The minimum absolute atomic E-state index is 0.335. The number of benzene rings is 1. The second-order valence-electron chi connectivity index (χ2n) is 4.88. The number of aromatic nitrogens is 2.